The number of hydrogen-bond acceptors (Lipinski definition) is 3. The molecule has 2 aromatic carbocycles. The van der Waals surface area contributed by atoms with Gasteiger partial charge < -0.3 is 4.74 Å². The van der Waals surface area contributed by atoms with Crippen molar-refractivity contribution >= 4 is 5.97 Å². The van der Waals surface area contributed by atoms with Crippen LogP contribution in [-0.2, 0) is 0 Å². The van der Waals surface area contributed by atoms with Crippen LogP contribution in [0.3, 0.4) is 0 Å². The molecule has 3 nitrogen and oxygen atoms in total. The van der Waals surface area contributed by atoms with Gasteiger partial charge in [0.2, 0.25) is 0 Å². The monoisotopic (exact) mass is 259 g/mol. The molecule has 0 saturated carbocycles. The molecule has 5 heteroatoms. The summed E-state index contributed by atoms with van der Waals surface area (Å²) in [4.78, 5) is 11.7. The van der Waals surface area contributed by atoms with Gasteiger partial charge in [0.25, 0.3) is 0 Å². The third-order valence-corrected chi connectivity index (χ3v) is 2.32. The molecule has 19 heavy (non-hydrogen) atoms. The number of halogens is 2. The summed E-state index contributed by atoms with van der Waals surface area (Å²) in [5, 5.41) is 8.70. The predicted molar refractivity (Wildman–Crippen MR) is 62.5 cm³/mol. The predicted octanol–water partition coefficient (Wildman–Crippen LogP) is 3.06. The molecule has 2 aromatic rings. The summed E-state index contributed by atoms with van der Waals surface area (Å²) in [6.45, 7) is 0. The molecule has 0 unspecified atom stereocenters. The van der Waals surface area contributed by atoms with E-state index in [2.05, 4.69) is 0 Å². The Morgan fingerprint density at radius 2 is 1.95 bits per heavy atom. The van der Waals surface area contributed by atoms with Gasteiger partial charge in [0.1, 0.15) is 17.4 Å². The molecule has 0 amide bonds. The number of carbonyl (C=O) groups excluding carboxylic acids is 1. The van der Waals surface area contributed by atoms with E-state index in [1.807, 2.05) is 6.07 Å². The molecular formula is C14H7F2NO2. The Bertz CT molecular complexity index is 677. The van der Waals surface area contributed by atoms with Gasteiger partial charge in [0, 0.05) is 6.07 Å². The van der Waals surface area contributed by atoms with Crippen LogP contribution in [0.15, 0.2) is 42.5 Å². The first-order chi connectivity index (χ1) is 9.10. The van der Waals surface area contributed by atoms with E-state index in [4.69, 9.17) is 10.00 Å². The quantitative estimate of drug-likeness (QED) is 0.615. The van der Waals surface area contributed by atoms with Crippen molar-refractivity contribution in [1.29, 1.82) is 5.26 Å². The van der Waals surface area contributed by atoms with E-state index in [1.165, 1.54) is 24.3 Å². The maximum atomic E-state index is 13.4. The maximum Gasteiger partial charge on any atom is 0.346 e. The van der Waals surface area contributed by atoms with Crippen molar-refractivity contribution in [2.45, 2.75) is 0 Å². The highest BCUT2D eigenvalue weighted by atomic mass is 19.1. The van der Waals surface area contributed by atoms with Crippen LogP contribution in [-0.4, -0.2) is 5.97 Å². The van der Waals surface area contributed by atoms with Crippen LogP contribution in [0.1, 0.15) is 15.9 Å². The summed E-state index contributed by atoms with van der Waals surface area (Å²) < 4.78 is 31.0. The number of esters is 1. The molecule has 0 bridgehead atoms. The summed E-state index contributed by atoms with van der Waals surface area (Å²) in [6, 6.07) is 10.3. The Kier molecular flexibility index (Phi) is 3.53. The van der Waals surface area contributed by atoms with Gasteiger partial charge in [-0.3, -0.25) is 0 Å². The second-order valence-corrected chi connectivity index (χ2v) is 3.65. The van der Waals surface area contributed by atoms with Crippen molar-refractivity contribution in [1.82, 2.24) is 0 Å². The standard InChI is InChI=1S/C14H7F2NO2/c15-10-4-5-12(13(16)7-10)14(18)19-11-3-1-2-9(6-11)8-17/h1-7H. The van der Waals surface area contributed by atoms with E-state index in [-0.39, 0.29) is 11.3 Å². The van der Waals surface area contributed by atoms with Gasteiger partial charge in [0.15, 0.2) is 0 Å². The van der Waals surface area contributed by atoms with E-state index in [1.54, 1.807) is 0 Å². The number of nitrogens with zero attached hydrogens (tertiary/aromatic N) is 1. The summed E-state index contributed by atoms with van der Waals surface area (Å²) in [7, 11) is 0. The lowest BCUT2D eigenvalue weighted by molar-refractivity contribution is 0.0730. The molecule has 0 radical (unpaired) electrons. The Morgan fingerprint density at radius 1 is 1.16 bits per heavy atom. The fourth-order valence-corrected chi connectivity index (χ4v) is 1.45. The fourth-order valence-electron chi connectivity index (χ4n) is 1.45. The zero-order valence-corrected chi connectivity index (χ0v) is 9.56. The SMILES string of the molecule is N#Cc1cccc(OC(=O)c2ccc(F)cc2F)c1. The minimum atomic E-state index is -0.999. The van der Waals surface area contributed by atoms with Crippen LogP contribution in [0.5, 0.6) is 5.75 Å². The normalized spacial score (nSPS) is 9.74. The summed E-state index contributed by atoms with van der Waals surface area (Å²) in [5.74, 6) is -2.61. The zero-order chi connectivity index (χ0) is 13.8. The smallest absolute Gasteiger partial charge is 0.346 e. The lowest BCUT2D eigenvalue weighted by Gasteiger charge is -2.05. The fraction of sp³-hybridized carbons (Fsp3) is 0. The van der Waals surface area contributed by atoms with E-state index in [0.717, 1.165) is 12.1 Å². The molecule has 0 aliphatic carbocycles. The molecule has 0 aromatic heterocycles. The highest BCUT2D eigenvalue weighted by molar-refractivity contribution is 5.91. The second kappa shape index (κ2) is 5.27. The van der Waals surface area contributed by atoms with E-state index in [9.17, 15) is 13.6 Å². The first-order valence-corrected chi connectivity index (χ1v) is 5.27. The van der Waals surface area contributed by atoms with Crippen LogP contribution in [0.2, 0.25) is 0 Å². The van der Waals surface area contributed by atoms with Crippen LogP contribution in [0.4, 0.5) is 8.78 Å². The molecule has 0 atom stereocenters. The lowest BCUT2D eigenvalue weighted by atomic mass is 10.2. The maximum absolute atomic E-state index is 13.4. The Labute approximate surface area is 107 Å². The van der Waals surface area contributed by atoms with Gasteiger partial charge in [-0.05, 0) is 30.3 Å². The molecule has 94 valence electrons. The Morgan fingerprint density at radius 3 is 2.63 bits per heavy atom. The zero-order valence-electron chi connectivity index (χ0n) is 9.56. The largest absolute Gasteiger partial charge is 0.423 e. The van der Waals surface area contributed by atoms with E-state index < -0.39 is 17.6 Å². The van der Waals surface area contributed by atoms with Crippen LogP contribution in [0, 0.1) is 23.0 Å². The molecule has 0 saturated heterocycles. The van der Waals surface area contributed by atoms with Gasteiger partial charge in [0.05, 0.1) is 17.2 Å². The third-order valence-electron chi connectivity index (χ3n) is 2.32. The third kappa shape index (κ3) is 2.93. The van der Waals surface area contributed by atoms with Crippen molar-refractivity contribution in [3.8, 4) is 11.8 Å². The van der Waals surface area contributed by atoms with Crippen molar-refractivity contribution < 1.29 is 18.3 Å². The Hall–Kier alpha value is -2.74. The molecule has 2 rings (SSSR count). The minimum Gasteiger partial charge on any atom is -0.423 e. The summed E-state index contributed by atoms with van der Waals surface area (Å²) in [6.07, 6.45) is 0. The van der Waals surface area contributed by atoms with E-state index >= 15 is 0 Å². The first kappa shape index (κ1) is 12.7. The van der Waals surface area contributed by atoms with Crippen LogP contribution >= 0.6 is 0 Å². The van der Waals surface area contributed by atoms with Crippen LogP contribution in [0.25, 0.3) is 0 Å². The summed E-state index contributed by atoms with van der Waals surface area (Å²) in [5.41, 5.74) is -0.0614. The topological polar surface area (TPSA) is 50.1 Å². The van der Waals surface area contributed by atoms with Crippen LogP contribution < -0.4 is 4.74 Å². The number of benzene rings is 2. The molecule has 0 spiro atoms. The summed E-state index contributed by atoms with van der Waals surface area (Å²) >= 11 is 0. The average Bonchev–Trinajstić information content (AvgIpc) is 2.38. The first-order valence-electron chi connectivity index (χ1n) is 5.27. The highest BCUT2D eigenvalue weighted by Gasteiger charge is 2.14. The molecule has 0 aliphatic rings. The van der Waals surface area contributed by atoms with Gasteiger partial charge in [-0.15, -0.1) is 0 Å². The number of nitriles is 1. The molecule has 0 heterocycles. The average molecular weight is 259 g/mol. The number of carbonyl (C=O) groups is 1. The second-order valence-electron chi connectivity index (χ2n) is 3.65. The minimum absolute atomic E-state index is 0.118. The lowest BCUT2D eigenvalue weighted by Crippen LogP contribution is -2.11. The van der Waals surface area contributed by atoms with Gasteiger partial charge in [-0.1, -0.05) is 6.07 Å². The Balaban J connectivity index is 2.23. The molecule has 0 aliphatic heterocycles. The van der Waals surface area contributed by atoms with Gasteiger partial charge >= 0.3 is 5.97 Å². The van der Waals surface area contributed by atoms with Crippen molar-refractivity contribution in [3.63, 3.8) is 0 Å². The molecule has 0 fully saturated rings. The van der Waals surface area contributed by atoms with Gasteiger partial charge in [-0.2, -0.15) is 5.26 Å². The van der Waals surface area contributed by atoms with Crippen molar-refractivity contribution in [2.75, 3.05) is 0 Å². The highest BCUT2D eigenvalue weighted by Crippen LogP contribution is 2.16. The van der Waals surface area contributed by atoms with Crippen molar-refractivity contribution in [3.05, 3.63) is 65.2 Å². The molecular weight excluding hydrogens is 252 g/mol. The van der Waals surface area contributed by atoms with E-state index in [0.29, 0.717) is 11.6 Å². The number of ether oxygens (including phenoxy) is 1. The number of hydrogen-bond donors (Lipinski definition) is 0. The molecule has 0 N–H and O–H groups in total. The van der Waals surface area contributed by atoms with Gasteiger partial charge in [-0.25, -0.2) is 13.6 Å². The number of rotatable bonds is 2. The van der Waals surface area contributed by atoms with Crippen molar-refractivity contribution in [2.24, 2.45) is 0 Å².